The smallest absolute Gasteiger partial charge is 0.439 e. The molecule has 1 aliphatic carbocycles. The minimum Gasteiger partial charge on any atom is -0.466 e. The van der Waals surface area contributed by atoms with Crippen molar-refractivity contribution >= 4 is 36.1 Å². The number of methoxy groups -OCH3 is 2. The molecule has 4 rings (SSSR count). The summed E-state index contributed by atoms with van der Waals surface area (Å²) in [6.45, 7) is 7.28. The summed E-state index contributed by atoms with van der Waals surface area (Å²) in [5.74, 6) is -3.08. The van der Waals surface area contributed by atoms with E-state index in [0.29, 0.717) is 10.5 Å². The van der Waals surface area contributed by atoms with Crippen LogP contribution in [0, 0.1) is 19.8 Å². The monoisotopic (exact) mass is 594 g/mol. The van der Waals surface area contributed by atoms with E-state index in [0.717, 1.165) is 38.1 Å². The molecule has 10 nitrogen and oxygen atoms in total. The van der Waals surface area contributed by atoms with Gasteiger partial charge in [0.05, 0.1) is 50.5 Å². The predicted octanol–water partition coefficient (Wildman–Crippen LogP) is 5.78. The molecule has 3 unspecified atom stereocenters. The van der Waals surface area contributed by atoms with Crippen LogP contribution in [0.4, 0.5) is 9.59 Å². The molecule has 1 saturated heterocycles. The number of aryl methyl sites for hydroxylation is 2. The van der Waals surface area contributed by atoms with E-state index in [1.165, 1.54) is 14.2 Å². The first-order valence-corrected chi connectivity index (χ1v) is 14.3. The first-order chi connectivity index (χ1) is 20.2. The zero-order valence-corrected chi connectivity index (χ0v) is 25.2. The van der Waals surface area contributed by atoms with Crippen LogP contribution < -0.4 is 0 Å². The van der Waals surface area contributed by atoms with Crippen LogP contribution in [0.25, 0.3) is 0 Å². The van der Waals surface area contributed by atoms with Crippen molar-refractivity contribution in [3.8, 4) is 0 Å². The number of nitrogens with zero attached hydrogens (tertiary/aromatic N) is 2. The lowest BCUT2D eigenvalue weighted by atomic mass is 9.74. The Morgan fingerprint density at radius 2 is 1.24 bits per heavy atom. The lowest BCUT2D eigenvalue weighted by molar-refractivity contribution is -0.140. The molecule has 222 valence electrons. The van der Waals surface area contributed by atoms with Gasteiger partial charge in [0.15, 0.2) is 0 Å². The molecule has 0 N–H and O–H groups in total. The average molecular weight is 595 g/mol. The van der Waals surface area contributed by atoms with Gasteiger partial charge in [0.25, 0.3) is 0 Å². The zero-order valence-electron chi connectivity index (χ0n) is 24.4. The highest BCUT2D eigenvalue weighted by Gasteiger charge is 2.53. The largest absolute Gasteiger partial charge is 0.466 e. The zero-order chi connectivity index (χ0) is 30.6. The minimum absolute atomic E-state index is 0.0308. The maximum absolute atomic E-state index is 13.7. The van der Waals surface area contributed by atoms with Gasteiger partial charge >= 0.3 is 24.1 Å². The van der Waals surface area contributed by atoms with Crippen LogP contribution in [0.15, 0.2) is 70.7 Å². The summed E-state index contributed by atoms with van der Waals surface area (Å²) in [5, 5.41) is 1.14. The van der Waals surface area contributed by atoms with Crippen molar-refractivity contribution in [2.24, 2.45) is 5.92 Å². The molecule has 0 radical (unpaired) electrons. The fraction of sp³-hybridized carbons (Fsp3) is 0.355. The van der Waals surface area contributed by atoms with Crippen LogP contribution in [-0.2, 0) is 28.5 Å². The molecule has 3 atom stereocenters. The fourth-order valence-corrected chi connectivity index (χ4v) is 6.28. The normalized spacial score (nSPS) is 19.9. The molecular weight excluding hydrogens is 560 g/mol. The van der Waals surface area contributed by atoms with E-state index in [-0.39, 0.29) is 24.4 Å². The van der Waals surface area contributed by atoms with Gasteiger partial charge in [-0.15, -0.1) is 4.41 Å². The summed E-state index contributed by atoms with van der Waals surface area (Å²) in [7, 11) is 2.48. The number of esters is 2. The number of rotatable bonds is 6. The van der Waals surface area contributed by atoms with Crippen molar-refractivity contribution in [2.75, 3.05) is 27.4 Å². The second-order valence-electron chi connectivity index (χ2n) is 9.71. The van der Waals surface area contributed by atoms with E-state index in [9.17, 15) is 19.2 Å². The van der Waals surface area contributed by atoms with Crippen molar-refractivity contribution in [2.45, 2.75) is 39.7 Å². The molecule has 11 heteroatoms. The third-order valence-corrected chi connectivity index (χ3v) is 8.16. The Bertz CT molecular complexity index is 1420. The molecule has 1 fully saturated rings. The highest BCUT2D eigenvalue weighted by atomic mass is 32.2. The second kappa shape index (κ2) is 13.2. The minimum atomic E-state index is -0.991. The van der Waals surface area contributed by atoms with Gasteiger partial charge in [-0.05, 0) is 38.8 Å². The number of carbonyl (C=O) groups is 4. The number of hydrazine groups is 1. The maximum atomic E-state index is 13.7. The predicted molar refractivity (Wildman–Crippen MR) is 156 cm³/mol. The van der Waals surface area contributed by atoms with Crippen LogP contribution in [-0.4, -0.2) is 61.0 Å². The quantitative estimate of drug-likeness (QED) is 0.233. The molecule has 2 aromatic carbocycles. The number of hydrogen-bond acceptors (Lipinski definition) is 9. The Kier molecular flexibility index (Phi) is 9.62. The molecule has 1 heterocycles. The molecule has 2 amide bonds. The number of hydrogen-bond donors (Lipinski definition) is 0. The third-order valence-electron chi connectivity index (χ3n) is 7.06. The van der Waals surface area contributed by atoms with E-state index in [4.69, 9.17) is 18.9 Å². The van der Waals surface area contributed by atoms with Gasteiger partial charge in [0.1, 0.15) is 0 Å². The molecule has 0 bridgehead atoms. The molecule has 0 spiro atoms. The molecular formula is C31H34N2O8S. The second-order valence-corrected chi connectivity index (χ2v) is 10.7. The van der Waals surface area contributed by atoms with Gasteiger partial charge in [-0.3, -0.25) is 0 Å². The molecule has 2 aromatic rings. The van der Waals surface area contributed by atoms with E-state index >= 15 is 0 Å². The number of allylic oxidation sites excluding steroid dienone is 1. The summed E-state index contributed by atoms with van der Waals surface area (Å²) in [6, 6.07) is 13.9. The van der Waals surface area contributed by atoms with Crippen molar-refractivity contribution in [1.82, 2.24) is 9.42 Å². The van der Waals surface area contributed by atoms with Gasteiger partial charge < -0.3 is 18.9 Å². The van der Waals surface area contributed by atoms with Gasteiger partial charge in [-0.2, -0.15) is 5.01 Å². The van der Waals surface area contributed by atoms with Gasteiger partial charge in [-0.25, -0.2) is 19.2 Å². The third kappa shape index (κ3) is 5.87. The highest BCUT2D eigenvalue weighted by molar-refractivity contribution is 8.01. The van der Waals surface area contributed by atoms with Crippen LogP contribution in [0.5, 0.6) is 0 Å². The van der Waals surface area contributed by atoms with Crippen LogP contribution in [0.3, 0.4) is 0 Å². The number of ether oxygens (including phenoxy) is 4. The molecule has 2 aliphatic rings. The number of fused-ring (bicyclic) bond motifs is 1. The lowest BCUT2D eigenvalue weighted by Gasteiger charge is -2.48. The van der Waals surface area contributed by atoms with E-state index in [1.54, 1.807) is 13.8 Å². The summed E-state index contributed by atoms with van der Waals surface area (Å²) in [4.78, 5) is 54.6. The van der Waals surface area contributed by atoms with Crippen LogP contribution in [0.1, 0.15) is 48.1 Å². The van der Waals surface area contributed by atoms with Crippen molar-refractivity contribution in [3.05, 3.63) is 92.9 Å². The Hall–Kier alpha value is -4.25. The van der Waals surface area contributed by atoms with Gasteiger partial charge in [-0.1, -0.05) is 65.7 Å². The summed E-state index contributed by atoms with van der Waals surface area (Å²) < 4.78 is 22.3. The summed E-state index contributed by atoms with van der Waals surface area (Å²) >= 11 is 0.933. The first-order valence-electron chi connectivity index (χ1n) is 13.5. The van der Waals surface area contributed by atoms with Gasteiger partial charge in [0, 0.05) is 22.8 Å². The first kappa shape index (κ1) is 30.7. The molecule has 1 aliphatic heterocycles. The Labute approximate surface area is 249 Å². The number of carbonyl (C=O) groups excluding carboxylic acids is 4. The molecule has 42 heavy (non-hydrogen) atoms. The van der Waals surface area contributed by atoms with Gasteiger partial charge in [0.2, 0.25) is 0 Å². The van der Waals surface area contributed by atoms with Crippen LogP contribution >= 0.6 is 11.9 Å². The van der Waals surface area contributed by atoms with Crippen molar-refractivity contribution in [1.29, 1.82) is 0 Å². The van der Waals surface area contributed by atoms with Crippen molar-refractivity contribution < 1.29 is 38.1 Å². The van der Waals surface area contributed by atoms with Crippen molar-refractivity contribution in [3.63, 3.8) is 0 Å². The lowest BCUT2D eigenvalue weighted by Crippen LogP contribution is -2.54. The summed E-state index contributed by atoms with van der Waals surface area (Å²) in [5.41, 5.74) is 3.43. The molecule has 0 aromatic heterocycles. The Balaban J connectivity index is 2.06. The van der Waals surface area contributed by atoms with E-state index < -0.39 is 42.0 Å². The Morgan fingerprint density at radius 3 is 1.76 bits per heavy atom. The summed E-state index contributed by atoms with van der Waals surface area (Å²) in [6.07, 6.45) is 0.211. The van der Waals surface area contributed by atoms with E-state index in [2.05, 4.69) is 0 Å². The number of benzene rings is 2. The Morgan fingerprint density at radius 1 is 0.738 bits per heavy atom. The van der Waals surface area contributed by atoms with Crippen LogP contribution in [0.2, 0.25) is 0 Å². The highest BCUT2D eigenvalue weighted by Crippen LogP contribution is 2.55. The topological polar surface area (TPSA) is 112 Å². The standard InChI is InChI=1S/C31H34N2O8S/c1-7-40-30(36)32-27(21-15-11-19(4)12-16-21)25-23(42-33(32)31(37)41-8-2)17-22(20-13-9-18(3)10-14-20)24(28(34)38-5)26(25)29(35)39-6/h9-17,22,25,27H,7-8H2,1-6H3. The molecule has 0 saturated carbocycles. The van der Waals surface area contributed by atoms with E-state index in [1.807, 2.05) is 68.5 Å². The SMILES string of the molecule is CCOC(=O)N1SC2=CC(c3ccc(C)cc3)C(C(=O)OC)=C(C(=O)OC)C2C(c2ccc(C)cc2)N1C(=O)OCC. The maximum Gasteiger partial charge on any atom is 0.439 e. The average Bonchev–Trinajstić information content (AvgIpc) is 2.99. The number of amides is 2. The fourth-order valence-electron chi connectivity index (χ4n) is 5.14.